The zero-order chi connectivity index (χ0) is 17.6. The molecule has 0 aromatic heterocycles. The smallest absolute Gasteiger partial charge is 0.256 e. The van der Waals surface area contributed by atoms with Crippen LogP contribution in [0.4, 0.5) is 0 Å². The van der Waals surface area contributed by atoms with Crippen LogP contribution in [0.1, 0.15) is 28.8 Å². The molecule has 2 N–H and O–H groups in total. The van der Waals surface area contributed by atoms with Crippen LogP contribution in [0.25, 0.3) is 0 Å². The molecule has 132 valence electrons. The largest absolute Gasteiger partial charge is 0.324 e. The van der Waals surface area contributed by atoms with Crippen molar-refractivity contribution in [2.45, 2.75) is 31.5 Å². The van der Waals surface area contributed by atoms with E-state index in [4.69, 9.17) is 33.1 Å². The molecule has 0 saturated heterocycles. The van der Waals surface area contributed by atoms with Crippen molar-refractivity contribution in [3.8, 4) is 0 Å². The van der Waals surface area contributed by atoms with Crippen molar-refractivity contribution in [1.82, 2.24) is 10.8 Å². The molecule has 0 heterocycles. The predicted octanol–water partition coefficient (Wildman–Crippen LogP) is 3.91. The Labute approximate surface area is 156 Å². The maximum atomic E-state index is 12.6. The van der Waals surface area contributed by atoms with Crippen molar-refractivity contribution in [1.29, 1.82) is 0 Å². The normalized spacial score (nSPS) is 15.0. The monoisotopic (exact) mass is 380 g/mol. The summed E-state index contributed by atoms with van der Waals surface area (Å²) in [6.45, 7) is 0. The second-order valence-electron chi connectivity index (χ2n) is 5.82. The Morgan fingerprint density at radius 2 is 1.76 bits per heavy atom. The standard InChI is InChI=1S/C18H18Cl2N2O3/c19-14-7-4-8-15(20)17(14)18(23)21-16(24-25-22-13-9-10-13)11-12-5-2-1-3-6-12/h1-8,13,16,22H,9-11H2,(H,21,23)/t16-/m0/s1. The molecule has 0 aliphatic heterocycles. The number of hydrogen-bond acceptors (Lipinski definition) is 4. The second kappa shape index (κ2) is 8.65. The van der Waals surface area contributed by atoms with Gasteiger partial charge in [-0.25, -0.2) is 0 Å². The van der Waals surface area contributed by atoms with Gasteiger partial charge in [0.25, 0.3) is 5.91 Å². The van der Waals surface area contributed by atoms with Gasteiger partial charge in [-0.2, -0.15) is 10.4 Å². The van der Waals surface area contributed by atoms with Gasteiger partial charge in [0, 0.05) is 12.5 Å². The highest BCUT2D eigenvalue weighted by Gasteiger charge is 2.24. The molecule has 1 amide bonds. The molecule has 0 spiro atoms. The fourth-order valence-corrected chi connectivity index (χ4v) is 2.79. The predicted molar refractivity (Wildman–Crippen MR) is 96.2 cm³/mol. The van der Waals surface area contributed by atoms with Crippen molar-refractivity contribution in [3.05, 3.63) is 69.7 Å². The SMILES string of the molecule is O=C(N[C@H](Cc1ccccc1)OONC1CC1)c1c(Cl)cccc1Cl. The highest BCUT2D eigenvalue weighted by atomic mass is 35.5. The van der Waals surface area contributed by atoms with Gasteiger partial charge in [-0.3, -0.25) is 4.79 Å². The summed E-state index contributed by atoms with van der Waals surface area (Å²) >= 11 is 12.2. The third-order valence-corrected chi connectivity index (χ3v) is 4.33. The van der Waals surface area contributed by atoms with Crippen LogP contribution < -0.4 is 10.8 Å². The highest BCUT2D eigenvalue weighted by molar-refractivity contribution is 6.39. The minimum atomic E-state index is -0.700. The van der Waals surface area contributed by atoms with Crippen LogP contribution >= 0.6 is 23.2 Å². The fraction of sp³-hybridized carbons (Fsp3) is 0.278. The molecule has 1 aliphatic carbocycles. The van der Waals surface area contributed by atoms with Gasteiger partial charge >= 0.3 is 0 Å². The summed E-state index contributed by atoms with van der Waals surface area (Å²) in [5.74, 6) is -0.424. The van der Waals surface area contributed by atoms with E-state index >= 15 is 0 Å². The van der Waals surface area contributed by atoms with Gasteiger partial charge in [0.15, 0.2) is 6.23 Å². The van der Waals surface area contributed by atoms with Gasteiger partial charge in [-0.15, -0.1) is 4.99 Å². The molecule has 3 rings (SSSR count). The number of carbonyl (C=O) groups is 1. The lowest BCUT2D eigenvalue weighted by atomic mass is 10.1. The van der Waals surface area contributed by atoms with Crippen molar-refractivity contribution >= 4 is 29.1 Å². The summed E-state index contributed by atoms with van der Waals surface area (Å²) in [6, 6.07) is 14.9. The Morgan fingerprint density at radius 1 is 1.08 bits per heavy atom. The third kappa shape index (κ3) is 5.42. The number of amides is 1. The maximum absolute atomic E-state index is 12.6. The number of nitrogens with one attached hydrogen (secondary N) is 2. The van der Waals surface area contributed by atoms with E-state index < -0.39 is 12.1 Å². The average molecular weight is 381 g/mol. The van der Waals surface area contributed by atoms with Crippen LogP contribution in [0, 0.1) is 0 Å². The minimum Gasteiger partial charge on any atom is -0.324 e. The van der Waals surface area contributed by atoms with Crippen molar-refractivity contribution in [3.63, 3.8) is 0 Å². The fourth-order valence-electron chi connectivity index (χ4n) is 2.23. The molecule has 1 saturated carbocycles. The molecule has 0 radical (unpaired) electrons. The molecule has 2 aromatic carbocycles. The number of rotatable bonds is 8. The van der Waals surface area contributed by atoms with Crippen LogP contribution in [0.15, 0.2) is 48.5 Å². The summed E-state index contributed by atoms with van der Waals surface area (Å²) in [7, 11) is 0. The molecular weight excluding hydrogens is 363 g/mol. The molecule has 0 bridgehead atoms. The molecule has 1 fully saturated rings. The lowest BCUT2D eigenvalue weighted by molar-refractivity contribution is -0.366. The Bertz CT molecular complexity index is 703. The van der Waals surface area contributed by atoms with E-state index in [1.807, 2.05) is 30.3 Å². The quantitative estimate of drug-likeness (QED) is 0.414. The minimum absolute atomic E-state index is 0.211. The molecule has 7 heteroatoms. The van der Waals surface area contributed by atoms with Crippen LogP contribution in [0.2, 0.25) is 10.0 Å². The van der Waals surface area contributed by atoms with Crippen LogP contribution in [0.5, 0.6) is 0 Å². The first-order valence-corrected chi connectivity index (χ1v) is 8.75. The zero-order valence-electron chi connectivity index (χ0n) is 13.4. The second-order valence-corrected chi connectivity index (χ2v) is 6.63. The van der Waals surface area contributed by atoms with E-state index in [2.05, 4.69) is 10.8 Å². The topological polar surface area (TPSA) is 59.6 Å². The van der Waals surface area contributed by atoms with Crippen molar-refractivity contribution in [2.24, 2.45) is 0 Å². The first-order chi connectivity index (χ1) is 12.1. The summed E-state index contributed by atoms with van der Waals surface area (Å²) in [6.07, 6.45) is 1.83. The number of benzene rings is 2. The highest BCUT2D eigenvalue weighted by Crippen LogP contribution is 2.24. The third-order valence-electron chi connectivity index (χ3n) is 3.70. The van der Waals surface area contributed by atoms with E-state index in [0.717, 1.165) is 18.4 Å². The molecule has 2 aromatic rings. The molecule has 1 aliphatic rings. The number of halogens is 2. The number of hydrogen-bond donors (Lipinski definition) is 2. The van der Waals surface area contributed by atoms with E-state index in [-0.39, 0.29) is 15.6 Å². The van der Waals surface area contributed by atoms with E-state index in [9.17, 15) is 4.79 Å². The van der Waals surface area contributed by atoms with E-state index in [1.165, 1.54) is 0 Å². The Morgan fingerprint density at radius 3 is 2.40 bits per heavy atom. The summed E-state index contributed by atoms with van der Waals surface area (Å²) in [4.78, 5) is 23.0. The van der Waals surface area contributed by atoms with Crippen LogP contribution in [-0.4, -0.2) is 18.2 Å². The first-order valence-electron chi connectivity index (χ1n) is 8.00. The Balaban J connectivity index is 1.67. The van der Waals surface area contributed by atoms with Crippen LogP contribution in [-0.2, 0) is 16.3 Å². The van der Waals surface area contributed by atoms with Gasteiger partial charge < -0.3 is 5.32 Å². The summed E-state index contributed by atoms with van der Waals surface area (Å²) < 4.78 is 0. The van der Waals surface area contributed by atoms with Gasteiger partial charge in [0.1, 0.15) is 0 Å². The zero-order valence-corrected chi connectivity index (χ0v) is 14.9. The first kappa shape index (κ1) is 18.2. The van der Waals surface area contributed by atoms with E-state index in [1.54, 1.807) is 18.2 Å². The number of hydroxylamine groups is 1. The molecule has 1 atom stereocenters. The number of carbonyl (C=O) groups excluding carboxylic acids is 1. The van der Waals surface area contributed by atoms with E-state index in [0.29, 0.717) is 12.5 Å². The maximum Gasteiger partial charge on any atom is 0.256 e. The summed E-state index contributed by atoms with van der Waals surface area (Å²) in [5.41, 5.74) is 3.99. The lowest BCUT2D eigenvalue weighted by Crippen LogP contribution is -2.40. The van der Waals surface area contributed by atoms with Crippen molar-refractivity contribution < 1.29 is 14.7 Å². The van der Waals surface area contributed by atoms with Gasteiger partial charge in [-0.1, -0.05) is 59.6 Å². The lowest BCUT2D eigenvalue weighted by Gasteiger charge is -2.19. The molecule has 25 heavy (non-hydrogen) atoms. The Kier molecular flexibility index (Phi) is 6.29. The molecular formula is C18H18Cl2N2O3. The van der Waals surface area contributed by atoms with Crippen molar-refractivity contribution in [2.75, 3.05) is 0 Å². The summed E-state index contributed by atoms with van der Waals surface area (Å²) in [5, 5.41) is 3.32. The molecule has 5 nitrogen and oxygen atoms in total. The van der Waals surface area contributed by atoms with Crippen LogP contribution in [0.3, 0.4) is 0 Å². The van der Waals surface area contributed by atoms with Gasteiger partial charge in [-0.05, 0) is 30.5 Å². The Hall–Kier alpha value is -1.63. The molecule has 0 unspecified atom stereocenters. The average Bonchev–Trinajstić information content (AvgIpc) is 3.40. The van der Waals surface area contributed by atoms with Gasteiger partial charge in [0.2, 0.25) is 0 Å². The van der Waals surface area contributed by atoms with Gasteiger partial charge in [0.05, 0.1) is 15.6 Å².